The number of halogens is 1. The van der Waals surface area contributed by atoms with Crippen LogP contribution in [-0.4, -0.2) is 54.0 Å². The molecule has 1 aromatic carbocycles. The molecule has 1 aliphatic heterocycles. The van der Waals surface area contributed by atoms with Gasteiger partial charge in [0.2, 0.25) is 5.91 Å². The van der Waals surface area contributed by atoms with Crippen LogP contribution < -0.4 is 10.1 Å². The number of nitrogens with zero attached hydrogens (tertiary/aromatic N) is 2. The molecule has 32 heavy (non-hydrogen) atoms. The van der Waals surface area contributed by atoms with E-state index in [0.717, 1.165) is 24.8 Å². The van der Waals surface area contributed by atoms with Crippen LogP contribution >= 0.6 is 22.9 Å². The molecule has 3 amide bonds. The van der Waals surface area contributed by atoms with Crippen molar-refractivity contribution in [2.24, 2.45) is 0 Å². The van der Waals surface area contributed by atoms with Gasteiger partial charge in [-0.2, -0.15) is 0 Å². The Morgan fingerprint density at radius 3 is 2.72 bits per heavy atom. The molecule has 0 unspecified atom stereocenters. The number of nitrogens with one attached hydrogen (secondary N) is 1. The summed E-state index contributed by atoms with van der Waals surface area (Å²) in [5, 5.41) is 5.63. The third kappa shape index (κ3) is 5.95. The molecule has 2 aromatic rings. The lowest BCUT2D eigenvalue weighted by Crippen LogP contribution is -2.52. The fourth-order valence-corrected chi connectivity index (χ4v) is 4.85. The van der Waals surface area contributed by atoms with Crippen molar-refractivity contribution in [2.45, 2.75) is 52.1 Å². The Kier molecular flexibility index (Phi) is 8.82. The average molecular weight is 478 g/mol. The molecule has 1 aliphatic rings. The number of urea groups is 1. The van der Waals surface area contributed by atoms with E-state index < -0.39 is 0 Å². The molecule has 6 nitrogen and oxygen atoms in total. The summed E-state index contributed by atoms with van der Waals surface area (Å²) in [5.41, 5.74) is 1.13. The molecule has 0 spiro atoms. The van der Waals surface area contributed by atoms with Gasteiger partial charge in [0, 0.05) is 29.0 Å². The van der Waals surface area contributed by atoms with Crippen LogP contribution in [0.1, 0.15) is 50.1 Å². The van der Waals surface area contributed by atoms with Gasteiger partial charge in [0.25, 0.3) is 0 Å². The molecular weight excluding hydrogens is 446 g/mol. The molecule has 0 fully saturated rings. The summed E-state index contributed by atoms with van der Waals surface area (Å²) in [5.74, 6) is 0.655. The van der Waals surface area contributed by atoms with E-state index in [4.69, 9.17) is 16.3 Å². The molecule has 2 atom stereocenters. The first-order valence-electron chi connectivity index (χ1n) is 11.2. The molecule has 0 aliphatic carbocycles. The number of rotatable bonds is 9. The van der Waals surface area contributed by atoms with E-state index >= 15 is 0 Å². The van der Waals surface area contributed by atoms with Gasteiger partial charge in [0.15, 0.2) is 0 Å². The zero-order valence-electron chi connectivity index (χ0n) is 19.0. The van der Waals surface area contributed by atoms with Gasteiger partial charge in [-0.3, -0.25) is 4.79 Å². The van der Waals surface area contributed by atoms with Gasteiger partial charge in [0.1, 0.15) is 18.9 Å². The molecule has 2 heterocycles. The van der Waals surface area contributed by atoms with E-state index in [0.29, 0.717) is 30.5 Å². The highest BCUT2D eigenvalue weighted by Gasteiger charge is 2.34. The Labute approximate surface area is 199 Å². The lowest BCUT2D eigenvalue weighted by Gasteiger charge is -2.38. The van der Waals surface area contributed by atoms with Crippen LogP contribution in [0.15, 0.2) is 35.7 Å². The van der Waals surface area contributed by atoms with Crippen LogP contribution in [0.4, 0.5) is 4.79 Å². The number of carbonyl (C=O) groups is 2. The second-order valence-electron chi connectivity index (χ2n) is 8.03. The van der Waals surface area contributed by atoms with Crippen molar-refractivity contribution >= 4 is 34.9 Å². The fraction of sp³-hybridized carbons (Fsp3) is 0.500. The van der Waals surface area contributed by atoms with Gasteiger partial charge in [-0.15, -0.1) is 11.3 Å². The topological polar surface area (TPSA) is 61.9 Å². The Bertz CT molecular complexity index is 902. The number of benzene rings is 1. The average Bonchev–Trinajstić information content (AvgIpc) is 3.29. The van der Waals surface area contributed by atoms with E-state index in [9.17, 15) is 9.59 Å². The van der Waals surface area contributed by atoms with Crippen LogP contribution in [0.25, 0.3) is 0 Å². The first-order chi connectivity index (χ1) is 15.4. The number of hydrogen-bond donors (Lipinski definition) is 1. The van der Waals surface area contributed by atoms with E-state index in [-0.39, 0.29) is 30.6 Å². The van der Waals surface area contributed by atoms with Gasteiger partial charge in [-0.25, -0.2) is 4.79 Å². The van der Waals surface area contributed by atoms with Crippen molar-refractivity contribution in [3.63, 3.8) is 0 Å². The standard InChI is InChI=1S/C24H32ClN3O3S/c1-4-12-26-24(30)28(17(3)5-2)15-23(29)27-13-10-22-20(11-14-32-22)21(27)16-31-19-8-6-18(25)7-9-19/h6-9,11,14,17,21H,4-5,10,12-13,15-16H2,1-3H3,(H,26,30)/t17-,21-/m0/s1. The minimum absolute atomic E-state index is 0.0268. The molecule has 1 N–H and O–H groups in total. The van der Waals surface area contributed by atoms with Crippen LogP contribution in [0.2, 0.25) is 5.02 Å². The highest BCUT2D eigenvalue weighted by Crippen LogP contribution is 2.34. The minimum Gasteiger partial charge on any atom is -0.491 e. The molecule has 0 bridgehead atoms. The second-order valence-corrected chi connectivity index (χ2v) is 9.47. The lowest BCUT2D eigenvalue weighted by molar-refractivity contribution is -0.135. The number of thiophene rings is 1. The largest absolute Gasteiger partial charge is 0.491 e. The van der Waals surface area contributed by atoms with Crippen LogP contribution in [0, 0.1) is 0 Å². The molecule has 0 radical (unpaired) electrons. The summed E-state index contributed by atoms with van der Waals surface area (Å²) < 4.78 is 6.04. The zero-order chi connectivity index (χ0) is 23.1. The highest BCUT2D eigenvalue weighted by atomic mass is 35.5. The Hall–Kier alpha value is -2.25. The first kappa shape index (κ1) is 24.4. The van der Waals surface area contributed by atoms with Crippen LogP contribution in [-0.2, 0) is 11.2 Å². The van der Waals surface area contributed by atoms with Crippen molar-refractivity contribution in [3.05, 3.63) is 51.2 Å². The maximum Gasteiger partial charge on any atom is 0.318 e. The number of fused-ring (bicyclic) bond motifs is 1. The first-order valence-corrected chi connectivity index (χ1v) is 12.5. The molecule has 0 saturated heterocycles. The molecule has 3 rings (SSSR count). The molecular formula is C24H32ClN3O3S. The van der Waals surface area contributed by atoms with Crippen molar-refractivity contribution < 1.29 is 14.3 Å². The maximum atomic E-state index is 13.4. The lowest BCUT2D eigenvalue weighted by atomic mass is 10.00. The molecule has 8 heteroatoms. The molecule has 174 valence electrons. The second kappa shape index (κ2) is 11.6. The quantitative estimate of drug-likeness (QED) is 0.544. The van der Waals surface area contributed by atoms with E-state index in [1.807, 2.05) is 37.8 Å². The highest BCUT2D eigenvalue weighted by molar-refractivity contribution is 7.10. The minimum atomic E-state index is -0.189. The van der Waals surface area contributed by atoms with E-state index in [1.165, 1.54) is 4.88 Å². The summed E-state index contributed by atoms with van der Waals surface area (Å²) in [6.07, 6.45) is 2.46. The van der Waals surface area contributed by atoms with Crippen LogP contribution in [0.3, 0.4) is 0 Å². The Morgan fingerprint density at radius 1 is 1.28 bits per heavy atom. The van der Waals surface area contributed by atoms with Crippen molar-refractivity contribution in [3.8, 4) is 5.75 Å². The van der Waals surface area contributed by atoms with Crippen molar-refractivity contribution in [2.75, 3.05) is 26.2 Å². The van der Waals surface area contributed by atoms with E-state index in [2.05, 4.69) is 16.8 Å². The van der Waals surface area contributed by atoms with Crippen molar-refractivity contribution in [1.82, 2.24) is 15.1 Å². The summed E-state index contributed by atoms with van der Waals surface area (Å²) in [4.78, 5) is 31.0. The third-order valence-corrected chi connectivity index (χ3v) is 7.10. The molecule has 0 saturated carbocycles. The van der Waals surface area contributed by atoms with Gasteiger partial charge >= 0.3 is 6.03 Å². The number of amides is 3. The summed E-state index contributed by atoms with van der Waals surface area (Å²) in [6, 6.07) is 8.91. The van der Waals surface area contributed by atoms with Gasteiger partial charge < -0.3 is 19.9 Å². The Morgan fingerprint density at radius 2 is 2.03 bits per heavy atom. The predicted molar refractivity (Wildman–Crippen MR) is 130 cm³/mol. The summed E-state index contributed by atoms with van der Waals surface area (Å²) in [6.45, 7) is 7.63. The molecule has 1 aromatic heterocycles. The van der Waals surface area contributed by atoms with Gasteiger partial charge in [-0.1, -0.05) is 25.4 Å². The zero-order valence-corrected chi connectivity index (χ0v) is 20.5. The normalized spacial score (nSPS) is 16.2. The third-order valence-electron chi connectivity index (χ3n) is 5.85. The predicted octanol–water partition coefficient (Wildman–Crippen LogP) is 5.13. The number of ether oxygens (including phenoxy) is 1. The van der Waals surface area contributed by atoms with Gasteiger partial charge in [-0.05, 0) is 67.5 Å². The fourth-order valence-electron chi connectivity index (χ4n) is 3.80. The van der Waals surface area contributed by atoms with Crippen molar-refractivity contribution in [1.29, 1.82) is 0 Å². The Balaban J connectivity index is 1.75. The summed E-state index contributed by atoms with van der Waals surface area (Å²) in [7, 11) is 0. The number of carbonyl (C=O) groups excluding carboxylic acids is 2. The van der Waals surface area contributed by atoms with Gasteiger partial charge in [0.05, 0.1) is 6.04 Å². The smallest absolute Gasteiger partial charge is 0.318 e. The van der Waals surface area contributed by atoms with Crippen LogP contribution in [0.5, 0.6) is 5.75 Å². The monoisotopic (exact) mass is 477 g/mol. The number of hydrogen-bond acceptors (Lipinski definition) is 4. The van der Waals surface area contributed by atoms with E-state index in [1.54, 1.807) is 28.4 Å². The maximum absolute atomic E-state index is 13.4. The summed E-state index contributed by atoms with van der Waals surface area (Å²) >= 11 is 7.69. The SMILES string of the molecule is CCCNC(=O)N(CC(=O)N1CCc2sccc2[C@@H]1COc1ccc(Cl)cc1)[C@@H](C)CC.